The molecule has 0 bridgehead atoms. The summed E-state index contributed by atoms with van der Waals surface area (Å²) in [4.78, 5) is 0.359. The molecule has 0 saturated carbocycles. The first-order chi connectivity index (χ1) is 12.1. The highest BCUT2D eigenvalue weighted by molar-refractivity contribution is 7.92. The average Bonchev–Trinajstić information content (AvgIpc) is 3.08. The highest BCUT2D eigenvalue weighted by Gasteiger charge is 2.30. The largest absolute Gasteiger partial charge is 0.266 e. The highest BCUT2D eigenvalue weighted by Crippen LogP contribution is 2.32. The average molecular weight is 349 g/mol. The molecule has 3 nitrogen and oxygen atoms in total. The van der Waals surface area contributed by atoms with Crippen LogP contribution in [0.5, 0.6) is 0 Å². The van der Waals surface area contributed by atoms with Crippen LogP contribution in [-0.2, 0) is 22.9 Å². The maximum absolute atomic E-state index is 13.1. The first-order valence-corrected chi connectivity index (χ1v) is 9.82. The quantitative estimate of drug-likeness (QED) is 0.713. The lowest BCUT2D eigenvalue weighted by Crippen LogP contribution is -2.29. The van der Waals surface area contributed by atoms with Crippen LogP contribution in [0.25, 0.3) is 0 Å². The fourth-order valence-corrected chi connectivity index (χ4v) is 4.91. The minimum absolute atomic E-state index is 0.359. The number of anilines is 1. The third-order valence-electron chi connectivity index (χ3n) is 4.58. The van der Waals surface area contributed by atoms with Gasteiger partial charge in [-0.2, -0.15) is 0 Å². The van der Waals surface area contributed by atoms with Crippen molar-refractivity contribution in [3.63, 3.8) is 0 Å². The minimum atomic E-state index is -3.53. The van der Waals surface area contributed by atoms with Gasteiger partial charge >= 0.3 is 0 Å². The zero-order valence-electron chi connectivity index (χ0n) is 13.8. The van der Waals surface area contributed by atoms with Crippen molar-refractivity contribution in [1.82, 2.24) is 0 Å². The van der Waals surface area contributed by atoms with E-state index >= 15 is 0 Å². The zero-order chi connectivity index (χ0) is 17.3. The molecule has 25 heavy (non-hydrogen) atoms. The molecule has 3 aromatic rings. The van der Waals surface area contributed by atoms with Crippen LogP contribution >= 0.6 is 0 Å². The van der Waals surface area contributed by atoms with E-state index < -0.39 is 10.0 Å². The van der Waals surface area contributed by atoms with Gasteiger partial charge in [0.25, 0.3) is 10.0 Å². The second-order valence-electron chi connectivity index (χ2n) is 6.27. The maximum atomic E-state index is 13.1. The summed E-state index contributed by atoms with van der Waals surface area (Å²) in [6.45, 7) is 0.505. The molecule has 0 saturated heterocycles. The van der Waals surface area contributed by atoms with Crippen LogP contribution in [0.1, 0.15) is 16.7 Å². The number of para-hydroxylation sites is 1. The molecule has 4 rings (SSSR count). The second-order valence-corrected chi connectivity index (χ2v) is 8.13. The van der Waals surface area contributed by atoms with Crippen LogP contribution < -0.4 is 4.31 Å². The van der Waals surface area contributed by atoms with E-state index in [0.717, 1.165) is 29.7 Å². The van der Waals surface area contributed by atoms with Crippen molar-refractivity contribution in [3.8, 4) is 0 Å². The van der Waals surface area contributed by atoms with Crippen LogP contribution in [0, 0.1) is 0 Å². The van der Waals surface area contributed by atoms with E-state index in [1.165, 1.54) is 9.87 Å². The first kappa shape index (κ1) is 15.9. The second kappa shape index (κ2) is 6.37. The molecule has 0 amide bonds. The van der Waals surface area contributed by atoms with Crippen LogP contribution in [0.2, 0.25) is 0 Å². The molecule has 1 aliphatic heterocycles. The Morgan fingerprint density at radius 3 is 2.36 bits per heavy atom. The number of nitrogens with zero attached hydrogens (tertiary/aromatic N) is 1. The van der Waals surface area contributed by atoms with E-state index in [1.54, 1.807) is 12.1 Å². The molecule has 0 atom stereocenters. The lowest BCUT2D eigenvalue weighted by Gasteiger charge is -2.20. The monoisotopic (exact) mass is 349 g/mol. The maximum Gasteiger partial charge on any atom is 0.264 e. The van der Waals surface area contributed by atoms with Crippen molar-refractivity contribution in [3.05, 3.63) is 95.6 Å². The summed E-state index contributed by atoms with van der Waals surface area (Å²) in [6, 6.07) is 25.1. The minimum Gasteiger partial charge on any atom is -0.266 e. The van der Waals surface area contributed by atoms with E-state index in [-0.39, 0.29) is 0 Å². The van der Waals surface area contributed by atoms with Crippen LogP contribution in [-0.4, -0.2) is 15.0 Å². The van der Waals surface area contributed by atoms with Gasteiger partial charge < -0.3 is 0 Å². The summed E-state index contributed by atoms with van der Waals surface area (Å²) in [5, 5.41) is 0. The SMILES string of the molecule is O=S(=O)(c1cccc(Cc2ccccc2)c1)N1CCc2ccccc21. The number of fused-ring (bicyclic) bond motifs is 1. The van der Waals surface area contributed by atoms with E-state index in [9.17, 15) is 8.42 Å². The van der Waals surface area contributed by atoms with E-state index in [1.807, 2.05) is 54.6 Å². The summed E-state index contributed by atoms with van der Waals surface area (Å²) in [5.41, 5.74) is 4.06. The van der Waals surface area contributed by atoms with Gasteiger partial charge in [-0.1, -0.05) is 60.7 Å². The van der Waals surface area contributed by atoms with Gasteiger partial charge in [0.05, 0.1) is 10.6 Å². The van der Waals surface area contributed by atoms with Gasteiger partial charge in [0.15, 0.2) is 0 Å². The third kappa shape index (κ3) is 3.05. The van der Waals surface area contributed by atoms with Crippen molar-refractivity contribution in [2.24, 2.45) is 0 Å². The molecule has 3 aromatic carbocycles. The Labute approximate surface area is 148 Å². The van der Waals surface area contributed by atoms with Crippen molar-refractivity contribution >= 4 is 15.7 Å². The summed E-state index contributed by atoms with van der Waals surface area (Å²) in [7, 11) is -3.53. The molecule has 0 spiro atoms. The smallest absolute Gasteiger partial charge is 0.264 e. The van der Waals surface area contributed by atoms with Gasteiger partial charge in [-0.3, -0.25) is 4.31 Å². The van der Waals surface area contributed by atoms with E-state index in [2.05, 4.69) is 12.1 Å². The zero-order valence-corrected chi connectivity index (χ0v) is 14.6. The molecule has 0 aromatic heterocycles. The van der Waals surface area contributed by atoms with Crippen LogP contribution in [0.4, 0.5) is 5.69 Å². The normalized spacial score (nSPS) is 13.7. The van der Waals surface area contributed by atoms with Gasteiger partial charge in [0, 0.05) is 6.54 Å². The Hall–Kier alpha value is -2.59. The Morgan fingerprint density at radius 1 is 0.800 bits per heavy atom. The van der Waals surface area contributed by atoms with Gasteiger partial charge in [-0.25, -0.2) is 8.42 Å². The van der Waals surface area contributed by atoms with Crippen molar-refractivity contribution in [2.45, 2.75) is 17.7 Å². The molecule has 0 aliphatic carbocycles. The number of hydrogen-bond acceptors (Lipinski definition) is 2. The van der Waals surface area contributed by atoms with Crippen molar-refractivity contribution in [1.29, 1.82) is 0 Å². The Bertz CT molecular complexity index is 997. The molecule has 4 heteroatoms. The highest BCUT2D eigenvalue weighted by atomic mass is 32.2. The van der Waals surface area contributed by atoms with Gasteiger partial charge in [-0.05, 0) is 47.7 Å². The standard InChI is InChI=1S/C21H19NO2S/c23-25(24,22-14-13-19-10-4-5-12-21(19)22)20-11-6-9-18(16-20)15-17-7-2-1-3-8-17/h1-12,16H,13-15H2. The Balaban J connectivity index is 1.67. The molecule has 0 unspecified atom stereocenters. The molecular weight excluding hydrogens is 330 g/mol. The summed E-state index contributed by atoms with van der Waals surface area (Å²) >= 11 is 0. The molecule has 0 radical (unpaired) electrons. The molecule has 1 aliphatic rings. The summed E-state index contributed by atoms with van der Waals surface area (Å²) in [5.74, 6) is 0. The number of hydrogen-bond donors (Lipinski definition) is 0. The van der Waals surface area contributed by atoms with E-state index in [0.29, 0.717) is 11.4 Å². The third-order valence-corrected chi connectivity index (χ3v) is 6.39. The Kier molecular flexibility index (Phi) is 4.06. The number of sulfonamides is 1. The van der Waals surface area contributed by atoms with Gasteiger partial charge in [0.2, 0.25) is 0 Å². The number of benzene rings is 3. The molecule has 0 fully saturated rings. The summed E-state index contributed by atoms with van der Waals surface area (Å²) in [6.07, 6.45) is 1.49. The molecular formula is C21H19NO2S. The van der Waals surface area contributed by atoms with Crippen LogP contribution in [0.15, 0.2) is 83.8 Å². The Morgan fingerprint density at radius 2 is 1.52 bits per heavy atom. The fourth-order valence-electron chi connectivity index (χ4n) is 3.33. The predicted octanol–water partition coefficient (Wildman–Crippen LogP) is 4.03. The predicted molar refractivity (Wildman–Crippen MR) is 100 cm³/mol. The topological polar surface area (TPSA) is 37.4 Å². The van der Waals surface area contributed by atoms with Gasteiger partial charge in [0.1, 0.15) is 0 Å². The van der Waals surface area contributed by atoms with Crippen molar-refractivity contribution < 1.29 is 8.42 Å². The van der Waals surface area contributed by atoms with Gasteiger partial charge in [-0.15, -0.1) is 0 Å². The molecule has 126 valence electrons. The first-order valence-electron chi connectivity index (χ1n) is 8.38. The molecule has 1 heterocycles. The van der Waals surface area contributed by atoms with Crippen molar-refractivity contribution in [2.75, 3.05) is 10.8 Å². The summed E-state index contributed by atoms with van der Waals surface area (Å²) < 4.78 is 27.8. The van der Waals surface area contributed by atoms with Crippen LogP contribution in [0.3, 0.4) is 0 Å². The molecule has 0 N–H and O–H groups in total. The lowest BCUT2D eigenvalue weighted by molar-refractivity contribution is 0.592. The fraction of sp³-hybridized carbons (Fsp3) is 0.143. The number of rotatable bonds is 4. The van der Waals surface area contributed by atoms with E-state index in [4.69, 9.17) is 0 Å². The lowest BCUT2D eigenvalue weighted by atomic mass is 10.1.